The Balaban J connectivity index is 1.76. The first-order chi connectivity index (χ1) is 12.0. The largest absolute Gasteiger partial charge is 0.326 e. The molecule has 0 heterocycles. The Morgan fingerprint density at radius 1 is 1.04 bits per heavy atom. The predicted molar refractivity (Wildman–Crippen MR) is 101 cm³/mol. The van der Waals surface area contributed by atoms with E-state index in [0.29, 0.717) is 10.6 Å². The Bertz CT molecular complexity index is 803. The van der Waals surface area contributed by atoms with Crippen molar-refractivity contribution in [2.75, 3.05) is 5.32 Å². The molecular formula is C19H20ClN3O2. The molecule has 25 heavy (non-hydrogen) atoms. The number of hydrogen-bond donors (Lipinski definition) is 2. The van der Waals surface area contributed by atoms with E-state index < -0.39 is 0 Å². The van der Waals surface area contributed by atoms with Gasteiger partial charge in [-0.25, -0.2) is 5.43 Å². The molecule has 2 amide bonds. The Morgan fingerprint density at radius 2 is 1.76 bits per heavy atom. The van der Waals surface area contributed by atoms with Crippen LogP contribution in [0.1, 0.15) is 29.5 Å². The SMILES string of the molecule is Cc1ccc(NC(=O)CCC(=O)N/N=C\c2ccccc2Cl)cc1C. The average molecular weight is 358 g/mol. The van der Waals surface area contributed by atoms with Crippen LogP contribution in [0.2, 0.25) is 5.02 Å². The van der Waals surface area contributed by atoms with Crippen molar-refractivity contribution < 1.29 is 9.59 Å². The maximum absolute atomic E-state index is 11.9. The van der Waals surface area contributed by atoms with Crippen molar-refractivity contribution in [3.63, 3.8) is 0 Å². The third-order valence-electron chi connectivity index (χ3n) is 3.67. The van der Waals surface area contributed by atoms with Crippen molar-refractivity contribution in [2.45, 2.75) is 26.7 Å². The zero-order valence-electron chi connectivity index (χ0n) is 14.2. The first-order valence-electron chi connectivity index (χ1n) is 7.89. The summed E-state index contributed by atoms with van der Waals surface area (Å²) in [6.45, 7) is 3.99. The smallest absolute Gasteiger partial charge is 0.240 e. The topological polar surface area (TPSA) is 70.6 Å². The van der Waals surface area contributed by atoms with E-state index in [1.165, 1.54) is 6.21 Å². The van der Waals surface area contributed by atoms with Crippen LogP contribution >= 0.6 is 11.6 Å². The number of hydrazone groups is 1. The number of aryl methyl sites for hydroxylation is 2. The molecule has 2 aromatic rings. The van der Waals surface area contributed by atoms with E-state index in [1.807, 2.05) is 44.2 Å². The number of amides is 2. The van der Waals surface area contributed by atoms with Gasteiger partial charge in [0.2, 0.25) is 11.8 Å². The highest BCUT2D eigenvalue weighted by Gasteiger charge is 2.07. The van der Waals surface area contributed by atoms with Crippen LogP contribution in [0, 0.1) is 13.8 Å². The Labute approximate surface area is 152 Å². The fourth-order valence-electron chi connectivity index (χ4n) is 2.08. The highest BCUT2D eigenvalue weighted by atomic mass is 35.5. The molecule has 0 saturated heterocycles. The van der Waals surface area contributed by atoms with Gasteiger partial charge < -0.3 is 5.32 Å². The second-order valence-electron chi connectivity index (χ2n) is 5.66. The molecule has 0 unspecified atom stereocenters. The second kappa shape index (κ2) is 8.99. The normalized spacial score (nSPS) is 10.7. The van der Waals surface area contributed by atoms with Crippen molar-refractivity contribution >= 4 is 35.3 Å². The van der Waals surface area contributed by atoms with Crippen molar-refractivity contribution in [2.24, 2.45) is 5.10 Å². The zero-order chi connectivity index (χ0) is 18.2. The monoisotopic (exact) mass is 357 g/mol. The molecule has 0 spiro atoms. The Hall–Kier alpha value is -2.66. The molecule has 0 saturated carbocycles. The predicted octanol–water partition coefficient (Wildman–Crippen LogP) is 3.83. The van der Waals surface area contributed by atoms with E-state index in [2.05, 4.69) is 15.8 Å². The summed E-state index contributed by atoms with van der Waals surface area (Å²) < 4.78 is 0. The molecule has 0 atom stereocenters. The number of hydrogen-bond acceptors (Lipinski definition) is 3. The fraction of sp³-hybridized carbons (Fsp3) is 0.211. The van der Waals surface area contributed by atoms with Gasteiger partial charge in [0.1, 0.15) is 0 Å². The minimum absolute atomic E-state index is 0.0521. The molecule has 0 radical (unpaired) electrons. The summed E-state index contributed by atoms with van der Waals surface area (Å²) in [7, 11) is 0. The van der Waals surface area contributed by atoms with Gasteiger partial charge in [0.05, 0.1) is 6.21 Å². The van der Waals surface area contributed by atoms with Gasteiger partial charge in [-0.1, -0.05) is 35.9 Å². The number of benzene rings is 2. The molecule has 6 heteroatoms. The van der Waals surface area contributed by atoms with E-state index >= 15 is 0 Å². The molecule has 0 aromatic heterocycles. The van der Waals surface area contributed by atoms with Crippen molar-refractivity contribution in [3.05, 3.63) is 64.2 Å². The summed E-state index contributed by atoms with van der Waals surface area (Å²) >= 11 is 5.98. The molecule has 0 aliphatic rings. The standard InChI is InChI=1S/C19H20ClN3O2/c1-13-7-8-16(11-14(13)2)22-18(24)9-10-19(25)23-21-12-15-5-3-4-6-17(15)20/h3-8,11-12H,9-10H2,1-2H3,(H,22,24)(H,23,25)/b21-12-. The molecule has 0 bridgehead atoms. The second-order valence-corrected chi connectivity index (χ2v) is 6.07. The lowest BCUT2D eigenvalue weighted by Gasteiger charge is -2.07. The molecule has 0 aliphatic carbocycles. The van der Waals surface area contributed by atoms with E-state index in [1.54, 1.807) is 12.1 Å². The lowest BCUT2D eigenvalue weighted by atomic mass is 10.1. The van der Waals surface area contributed by atoms with Crippen molar-refractivity contribution in [3.8, 4) is 0 Å². The van der Waals surface area contributed by atoms with Crippen molar-refractivity contribution in [1.29, 1.82) is 0 Å². The van der Waals surface area contributed by atoms with E-state index in [9.17, 15) is 9.59 Å². The highest BCUT2D eigenvalue weighted by Crippen LogP contribution is 2.14. The zero-order valence-corrected chi connectivity index (χ0v) is 14.9. The van der Waals surface area contributed by atoms with Crippen LogP contribution in [0.15, 0.2) is 47.6 Å². The first kappa shape index (κ1) is 18.7. The number of halogens is 1. The number of carbonyl (C=O) groups excluding carboxylic acids is 2. The third-order valence-corrected chi connectivity index (χ3v) is 4.01. The van der Waals surface area contributed by atoms with Crippen LogP contribution in [-0.4, -0.2) is 18.0 Å². The van der Waals surface area contributed by atoms with E-state index in [0.717, 1.165) is 16.8 Å². The van der Waals surface area contributed by atoms with Gasteiger partial charge in [-0.2, -0.15) is 5.10 Å². The summed E-state index contributed by atoms with van der Waals surface area (Å²) in [5.74, 6) is -0.549. The van der Waals surface area contributed by atoms with Crippen LogP contribution in [0.5, 0.6) is 0 Å². The lowest BCUT2D eigenvalue weighted by Crippen LogP contribution is -2.20. The maximum atomic E-state index is 11.9. The number of carbonyl (C=O) groups is 2. The van der Waals surface area contributed by atoms with Crippen LogP contribution in [0.4, 0.5) is 5.69 Å². The van der Waals surface area contributed by atoms with Crippen LogP contribution in [-0.2, 0) is 9.59 Å². The van der Waals surface area contributed by atoms with Gasteiger partial charge in [-0.15, -0.1) is 0 Å². The molecular weight excluding hydrogens is 338 g/mol. The number of anilines is 1. The number of nitrogens with one attached hydrogen (secondary N) is 2. The van der Waals surface area contributed by atoms with Crippen LogP contribution < -0.4 is 10.7 Å². The van der Waals surface area contributed by atoms with Gasteiger partial charge in [0.15, 0.2) is 0 Å². The van der Waals surface area contributed by atoms with Gasteiger partial charge in [0.25, 0.3) is 0 Å². The quantitative estimate of drug-likeness (QED) is 0.609. The average Bonchev–Trinajstić information content (AvgIpc) is 2.58. The summed E-state index contributed by atoms with van der Waals surface area (Å²) in [4.78, 5) is 23.6. The number of nitrogens with zero attached hydrogens (tertiary/aromatic N) is 1. The summed E-state index contributed by atoms with van der Waals surface area (Å²) in [5, 5.41) is 7.17. The summed E-state index contributed by atoms with van der Waals surface area (Å²) in [6, 6.07) is 12.9. The lowest BCUT2D eigenvalue weighted by molar-refractivity contribution is -0.124. The maximum Gasteiger partial charge on any atom is 0.240 e. The summed E-state index contributed by atoms with van der Waals surface area (Å²) in [6.07, 6.45) is 1.60. The Morgan fingerprint density at radius 3 is 2.48 bits per heavy atom. The molecule has 2 rings (SSSR count). The molecule has 130 valence electrons. The minimum Gasteiger partial charge on any atom is -0.326 e. The fourth-order valence-corrected chi connectivity index (χ4v) is 2.26. The Kier molecular flexibility index (Phi) is 6.71. The van der Waals surface area contributed by atoms with Crippen LogP contribution in [0.3, 0.4) is 0 Å². The number of rotatable bonds is 6. The van der Waals surface area contributed by atoms with Crippen molar-refractivity contribution in [1.82, 2.24) is 5.43 Å². The van der Waals surface area contributed by atoms with Gasteiger partial charge in [-0.05, 0) is 43.2 Å². The van der Waals surface area contributed by atoms with E-state index in [4.69, 9.17) is 11.6 Å². The molecule has 2 N–H and O–H groups in total. The minimum atomic E-state index is -0.335. The molecule has 5 nitrogen and oxygen atoms in total. The van der Waals surface area contributed by atoms with Gasteiger partial charge >= 0.3 is 0 Å². The van der Waals surface area contributed by atoms with Gasteiger partial charge in [-0.3, -0.25) is 9.59 Å². The highest BCUT2D eigenvalue weighted by molar-refractivity contribution is 6.33. The third kappa shape index (κ3) is 6.04. The molecule has 2 aromatic carbocycles. The van der Waals surface area contributed by atoms with Gasteiger partial charge in [0, 0.05) is 29.1 Å². The van der Waals surface area contributed by atoms with Crippen LogP contribution in [0.25, 0.3) is 0 Å². The molecule has 0 aliphatic heterocycles. The first-order valence-corrected chi connectivity index (χ1v) is 8.27. The van der Waals surface area contributed by atoms with E-state index in [-0.39, 0.29) is 24.7 Å². The molecule has 0 fully saturated rings. The summed E-state index contributed by atoms with van der Waals surface area (Å²) in [5.41, 5.74) is 6.08.